The van der Waals surface area contributed by atoms with Gasteiger partial charge in [-0.1, -0.05) is 42.0 Å². The predicted octanol–water partition coefficient (Wildman–Crippen LogP) is 4.77. The third-order valence-electron chi connectivity index (χ3n) is 5.53. The molecule has 2 N–H and O–H groups in total. The van der Waals surface area contributed by atoms with Crippen molar-refractivity contribution in [1.29, 1.82) is 0 Å². The first kappa shape index (κ1) is 25.2. The van der Waals surface area contributed by atoms with Gasteiger partial charge in [-0.15, -0.1) is 35.3 Å². The van der Waals surface area contributed by atoms with Gasteiger partial charge in [0.2, 0.25) is 5.91 Å². The number of hydrogen-bond acceptors (Lipinski definition) is 4. The molecular weight excluding hydrogens is 545 g/mol. The van der Waals surface area contributed by atoms with Gasteiger partial charge in [-0.3, -0.25) is 9.79 Å². The molecule has 0 aliphatic carbocycles. The molecule has 0 bridgehead atoms. The highest BCUT2D eigenvalue weighted by molar-refractivity contribution is 14.0. The quantitative estimate of drug-likeness (QED) is 0.242. The van der Waals surface area contributed by atoms with Crippen molar-refractivity contribution in [3.05, 3.63) is 70.7 Å². The Balaban J connectivity index is 0.00000306. The number of carbonyl (C=O) groups excluding carboxylic acids is 1. The Morgan fingerprint density at radius 2 is 1.88 bits per heavy atom. The number of carbonyl (C=O) groups is 1. The van der Waals surface area contributed by atoms with E-state index in [1.165, 1.54) is 5.56 Å². The highest BCUT2D eigenvalue weighted by atomic mass is 127. The van der Waals surface area contributed by atoms with Crippen LogP contribution in [0.1, 0.15) is 29.7 Å². The SMILES string of the molecule is CN=C(NCCc1csc(-c2ccc(C)cc2)n1)NCc1ccc(N2CCCC2=O)cc1.I. The monoisotopic (exact) mass is 575 g/mol. The smallest absolute Gasteiger partial charge is 0.227 e. The van der Waals surface area contributed by atoms with Crippen LogP contribution in [0.3, 0.4) is 0 Å². The van der Waals surface area contributed by atoms with E-state index in [0.29, 0.717) is 13.0 Å². The van der Waals surface area contributed by atoms with Gasteiger partial charge in [0.05, 0.1) is 5.69 Å². The minimum atomic E-state index is 0. The molecule has 1 amide bonds. The van der Waals surface area contributed by atoms with E-state index in [-0.39, 0.29) is 29.9 Å². The van der Waals surface area contributed by atoms with Crippen LogP contribution >= 0.6 is 35.3 Å². The summed E-state index contributed by atoms with van der Waals surface area (Å²) < 4.78 is 0. The molecule has 1 fully saturated rings. The molecule has 0 unspecified atom stereocenters. The Kier molecular flexibility index (Phi) is 9.25. The molecule has 8 heteroatoms. The highest BCUT2D eigenvalue weighted by Crippen LogP contribution is 2.24. The Labute approximate surface area is 216 Å². The second-order valence-electron chi connectivity index (χ2n) is 7.93. The van der Waals surface area contributed by atoms with Crippen molar-refractivity contribution in [1.82, 2.24) is 15.6 Å². The molecule has 33 heavy (non-hydrogen) atoms. The third-order valence-corrected chi connectivity index (χ3v) is 6.47. The van der Waals surface area contributed by atoms with Gasteiger partial charge in [-0.25, -0.2) is 4.98 Å². The minimum Gasteiger partial charge on any atom is -0.356 e. The second-order valence-corrected chi connectivity index (χ2v) is 8.79. The van der Waals surface area contributed by atoms with E-state index in [2.05, 4.69) is 64.3 Å². The first-order valence-corrected chi connectivity index (χ1v) is 11.9. The number of amides is 1. The lowest BCUT2D eigenvalue weighted by Crippen LogP contribution is -2.37. The highest BCUT2D eigenvalue weighted by Gasteiger charge is 2.21. The first-order valence-electron chi connectivity index (χ1n) is 11.0. The van der Waals surface area contributed by atoms with Crippen molar-refractivity contribution in [2.75, 3.05) is 25.0 Å². The second kappa shape index (κ2) is 12.1. The van der Waals surface area contributed by atoms with Crippen LogP contribution in [-0.4, -0.2) is 37.0 Å². The fourth-order valence-electron chi connectivity index (χ4n) is 3.68. The zero-order valence-electron chi connectivity index (χ0n) is 19.0. The van der Waals surface area contributed by atoms with E-state index in [1.54, 1.807) is 18.4 Å². The topological polar surface area (TPSA) is 69.6 Å². The molecule has 0 saturated carbocycles. The summed E-state index contributed by atoms with van der Waals surface area (Å²) in [4.78, 5) is 22.8. The lowest BCUT2D eigenvalue weighted by molar-refractivity contribution is -0.117. The number of halogens is 1. The lowest BCUT2D eigenvalue weighted by atomic mass is 10.2. The maximum Gasteiger partial charge on any atom is 0.227 e. The normalized spacial score (nSPS) is 13.7. The van der Waals surface area contributed by atoms with E-state index in [9.17, 15) is 4.79 Å². The summed E-state index contributed by atoms with van der Waals surface area (Å²) in [6.45, 7) is 4.34. The average molecular weight is 576 g/mol. The lowest BCUT2D eigenvalue weighted by Gasteiger charge is -2.16. The first-order chi connectivity index (χ1) is 15.6. The van der Waals surface area contributed by atoms with Crippen molar-refractivity contribution in [3.8, 4) is 10.6 Å². The van der Waals surface area contributed by atoms with Crippen molar-refractivity contribution in [2.45, 2.75) is 32.7 Å². The van der Waals surface area contributed by atoms with Crippen molar-refractivity contribution in [3.63, 3.8) is 0 Å². The van der Waals surface area contributed by atoms with E-state index in [4.69, 9.17) is 4.98 Å². The predicted molar refractivity (Wildman–Crippen MR) is 148 cm³/mol. The summed E-state index contributed by atoms with van der Waals surface area (Å²) in [5, 5.41) is 9.89. The number of thiazole rings is 1. The van der Waals surface area contributed by atoms with Crippen molar-refractivity contribution in [2.24, 2.45) is 4.99 Å². The number of aliphatic imine (C=N–C) groups is 1. The molecule has 0 spiro atoms. The number of guanidine groups is 1. The number of hydrogen-bond donors (Lipinski definition) is 2. The standard InChI is InChI=1S/C25H29N5OS.HI/c1-18-5-9-20(10-6-18)24-29-21(17-32-24)13-14-27-25(26-2)28-16-19-7-11-22(12-8-19)30-15-3-4-23(30)31;/h5-12,17H,3-4,13-16H2,1-2H3,(H2,26,27,28);1H. The van der Waals surface area contributed by atoms with Crippen LogP contribution in [-0.2, 0) is 17.8 Å². The summed E-state index contributed by atoms with van der Waals surface area (Å²) in [7, 11) is 1.77. The van der Waals surface area contributed by atoms with Crippen LogP contribution in [0.15, 0.2) is 58.9 Å². The van der Waals surface area contributed by atoms with Gasteiger partial charge in [0, 0.05) is 56.2 Å². The maximum atomic E-state index is 11.9. The molecule has 1 aliphatic heterocycles. The molecule has 1 aromatic heterocycles. The van der Waals surface area contributed by atoms with E-state index >= 15 is 0 Å². The number of nitrogens with zero attached hydrogens (tertiary/aromatic N) is 3. The Bertz CT molecular complexity index is 1080. The van der Waals surface area contributed by atoms with Gasteiger partial charge in [-0.05, 0) is 31.0 Å². The molecule has 1 saturated heterocycles. The molecule has 2 heterocycles. The fourth-order valence-corrected chi connectivity index (χ4v) is 4.54. The Hall–Kier alpha value is -2.46. The number of benzene rings is 2. The van der Waals surface area contributed by atoms with Gasteiger partial charge in [-0.2, -0.15) is 0 Å². The minimum absolute atomic E-state index is 0. The van der Waals surface area contributed by atoms with E-state index in [1.807, 2.05) is 17.0 Å². The van der Waals surface area contributed by atoms with Gasteiger partial charge >= 0.3 is 0 Å². The zero-order valence-corrected chi connectivity index (χ0v) is 22.2. The average Bonchev–Trinajstić information content (AvgIpc) is 3.46. The van der Waals surface area contributed by atoms with Crippen molar-refractivity contribution < 1.29 is 4.79 Å². The van der Waals surface area contributed by atoms with Gasteiger partial charge < -0.3 is 15.5 Å². The van der Waals surface area contributed by atoms with Gasteiger partial charge in [0.1, 0.15) is 5.01 Å². The summed E-state index contributed by atoms with van der Waals surface area (Å²) in [5.74, 6) is 0.976. The van der Waals surface area contributed by atoms with Crippen LogP contribution in [0.2, 0.25) is 0 Å². The van der Waals surface area contributed by atoms with Crippen LogP contribution in [0.5, 0.6) is 0 Å². The van der Waals surface area contributed by atoms with Crippen molar-refractivity contribution >= 4 is 52.9 Å². The molecule has 174 valence electrons. The summed E-state index contributed by atoms with van der Waals surface area (Å²) in [6, 6.07) is 16.6. The summed E-state index contributed by atoms with van der Waals surface area (Å²) in [6.07, 6.45) is 2.43. The maximum absolute atomic E-state index is 11.9. The van der Waals surface area contributed by atoms with Gasteiger partial charge in [0.15, 0.2) is 5.96 Å². The van der Waals surface area contributed by atoms with Crippen LogP contribution in [0, 0.1) is 6.92 Å². The molecule has 1 aliphatic rings. The third kappa shape index (κ3) is 6.77. The molecule has 2 aromatic carbocycles. The molecular formula is C25H30IN5OS. The number of anilines is 1. The van der Waals surface area contributed by atoms with Crippen LogP contribution < -0.4 is 15.5 Å². The van der Waals surface area contributed by atoms with Gasteiger partial charge in [0.25, 0.3) is 0 Å². The van der Waals surface area contributed by atoms with E-state index < -0.39 is 0 Å². The number of aromatic nitrogens is 1. The molecule has 3 aromatic rings. The summed E-state index contributed by atoms with van der Waals surface area (Å²) in [5.41, 5.74) is 5.63. The zero-order chi connectivity index (χ0) is 22.3. The van der Waals surface area contributed by atoms with Crippen LogP contribution in [0.4, 0.5) is 5.69 Å². The Morgan fingerprint density at radius 1 is 1.12 bits per heavy atom. The van der Waals surface area contributed by atoms with E-state index in [0.717, 1.165) is 59.4 Å². The molecule has 0 radical (unpaired) electrons. The molecule has 6 nitrogen and oxygen atoms in total. The Morgan fingerprint density at radius 3 is 2.55 bits per heavy atom. The number of nitrogens with one attached hydrogen (secondary N) is 2. The molecule has 0 atom stereocenters. The number of aryl methyl sites for hydroxylation is 1. The molecule has 4 rings (SSSR count). The largest absolute Gasteiger partial charge is 0.356 e. The van der Waals surface area contributed by atoms with Crippen LogP contribution in [0.25, 0.3) is 10.6 Å². The fraction of sp³-hybridized carbons (Fsp3) is 0.320. The number of rotatable bonds is 7. The summed E-state index contributed by atoms with van der Waals surface area (Å²) >= 11 is 1.68.